The third kappa shape index (κ3) is 3.47. The van der Waals surface area contributed by atoms with Crippen LogP contribution in [-0.2, 0) is 16.1 Å². The average molecular weight is 357 g/mol. The molecule has 0 aliphatic carbocycles. The van der Waals surface area contributed by atoms with E-state index < -0.39 is 34.9 Å². The molecule has 2 rings (SSSR count). The van der Waals surface area contributed by atoms with Gasteiger partial charge in [-0.3, -0.25) is 14.2 Å². The predicted molar refractivity (Wildman–Crippen MR) is 82.3 cm³/mol. The zero-order valence-electron chi connectivity index (χ0n) is 13.3. The second-order valence-electron chi connectivity index (χ2n) is 4.85. The average Bonchev–Trinajstić information content (AvgIpc) is 2.54. The summed E-state index contributed by atoms with van der Waals surface area (Å²) in [5.74, 6) is -3.44. The van der Waals surface area contributed by atoms with Gasteiger partial charge in [0, 0.05) is 18.1 Å². The number of aryl methyl sites for hydroxylation is 1. The number of nitrogens with zero attached hydrogens (tertiary/aromatic N) is 2. The molecule has 2 heterocycles. The fourth-order valence-electron chi connectivity index (χ4n) is 2.28. The van der Waals surface area contributed by atoms with E-state index in [4.69, 9.17) is 4.74 Å². The lowest BCUT2D eigenvalue weighted by molar-refractivity contribution is -0.167. The zero-order chi connectivity index (χ0) is 18.8. The minimum atomic E-state index is -5.19. The molecule has 0 radical (unpaired) electrons. The maximum Gasteiger partial charge on any atom is 0.471 e. The molecule has 0 aromatic carbocycles. The first-order valence-electron chi connectivity index (χ1n) is 7.29. The Kier molecular flexibility index (Phi) is 5.10. The summed E-state index contributed by atoms with van der Waals surface area (Å²) in [5.41, 5.74) is -2.11. The van der Waals surface area contributed by atoms with Crippen LogP contribution in [0, 0.1) is 0 Å². The number of fused-ring (bicyclic) bond motifs is 1. The molecule has 134 valence electrons. The van der Waals surface area contributed by atoms with Gasteiger partial charge in [0.25, 0.3) is 5.56 Å². The topological polar surface area (TPSA) is 90.3 Å². The van der Waals surface area contributed by atoms with Gasteiger partial charge in [-0.1, -0.05) is 0 Å². The Labute approximate surface area is 139 Å². The van der Waals surface area contributed by atoms with Gasteiger partial charge in [-0.25, -0.2) is 9.78 Å². The van der Waals surface area contributed by atoms with Crippen molar-refractivity contribution < 1.29 is 27.5 Å². The van der Waals surface area contributed by atoms with Gasteiger partial charge in [0.1, 0.15) is 11.2 Å². The van der Waals surface area contributed by atoms with Crippen LogP contribution < -0.4 is 10.9 Å². The number of halogens is 3. The summed E-state index contributed by atoms with van der Waals surface area (Å²) in [4.78, 5) is 40.0. The van der Waals surface area contributed by atoms with Crippen molar-refractivity contribution in [3.8, 4) is 0 Å². The number of amides is 1. The first-order chi connectivity index (χ1) is 11.7. The number of aromatic nitrogens is 2. The maximum absolute atomic E-state index is 12.6. The van der Waals surface area contributed by atoms with Gasteiger partial charge >= 0.3 is 18.1 Å². The number of esters is 1. The summed E-state index contributed by atoms with van der Waals surface area (Å²) in [5, 5.41) is 1.62. The van der Waals surface area contributed by atoms with Gasteiger partial charge in [-0.05, 0) is 26.0 Å². The van der Waals surface area contributed by atoms with E-state index >= 15 is 0 Å². The Bertz CT molecular complexity index is 890. The summed E-state index contributed by atoms with van der Waals surface area (Å²) >= 11 is 0. The molecule has 0 saturated heterocycles. The van der Waals surface area contributed by atoms with Crippen molar-refractivity contribution in [1.29, 1.82) is 0 Å². The molecule has 7 nitrogen and oxygen atoms in total. The van der Waals surface area contributed by atoms with Gasteiger partial charge in [0.15, 0.2) is 0 Å². The van der Waals surface area contributed by atoms with E-state index in [2.05, 4.69) is 4.98 Å². The monoisotopic (exact) mass is 357 g/mol. The molecule has 0 saturated carbocycles. The number of hydrogen-bond donors (Lipinski definition) is 1. The number of rotatable bonds is 4. The van der Waals surface area contributed by atoms with Crippen LogP contribution in [0.5, 0.6) is 0 Å². The highest BCUT2D eigenvalue weighted by Crippen LogP contribution is 2.27. The number of hydrogen-bond acceptors (Lipinski definition) is 5. The highest BCUT2D eigenvalue weighted by atomic mass is 19.4. The minimum absolute atomic E-state index is 0.0182. The number of ether oxygens (including phenoxy) is 1. The third-order valence-corrected chi connectivity index (χ3v) is 3.31. The summed E-state index contributed by atoms with van der Waals surface area (Å²) < 4.78 is 43.8. The van der Waals surface area contributed by atoms with Gasteiger partial charge < -0.3 is 10.1 Å². The molecule has 0 fully saturated rings. The fourth-order valence-corrected chi connectivity index (χ4v) is 2.28. The van der Waals surface area contributed by atoms with E-state index in [-0.39, 0.29) is 24.2 Å². The first-order valence-corrected chi connectivity index (χ1v) is 7.29. The van der Waals surface area contributed by atoms with E-state index in [0.717, 1.165) is 4.57 Å². The van der Waals surface area contributed by atoms with Gasteiger partial charge in [-0.2, -0.15) is 13.2 Å². The van der Waals surface area contributed by atoms with Crippen LogP contribution in [0.25, 0.3) is 11.0 Å². The molecule has 2 aromatic heterocycles. The predicted octanol–water partition coefficient (Wildman–Crippen LogP) is 2.09. The van der Waals surface area contributed by atoms with Crippen LogP contribution in [0.3, 0.4) is 0 Å². The number of carbonyl (C=O) groups excluding carboxylic acids is 2. The fraction of sp³-hybridized carbons (Fsp3) is 0.333. The van der Waals surface area contributed by atoms with Crippen LogP contribution in [0.4, 0.5) is 18.9 Å². The summed E-state index contributed by atoms with van der Waals surface area (Å²) in [6.07, 6.45) is -3.85. The largest absolute Gasteiger partial charge is 0.471 e. The zero-order valence-corrected chi connectivity index (χ0v) is 13.3. The number of nitrogens with one attached hydrogen (secondary N) is 1. The smallest absolute Gasteiger partial charge is 0.462 e. The number of pyridine rings is 2. The maximum atomic E-state index is 12.6. The molecule has 0 atom stereocenters. The van der Waals surface area contributed by atoms with Crippen LogP contribution in [0.15, 0.2) is 23.1 Å². The van der Waals surface area contributed by atoms with Crippen LogP contribution >= 0.6 is 0 Å². The van der Waals surface area contributed by atoms with E-state index in [1.54, 1.807) is 12.2 Å². The molecule has 0 aliphatic heterocycles. The van der Waals surface area contributed by atoms with E-state index in [1.165, 1.54) is 25.3 Å². The van der Waals surface area contributed by atoms with Crippen molar-refractivity contribution in [3.05, 3.63) is 34.2 Å². The van der Waals surface area contributed by atoms with Crippen molar-refractivity contribution >= 4 is 28.6 Å². The van der Waals surface area contributed by atoms with Crippen LogP contribution in [-0.4, -0.2) is 34.2 Å². The molecule has 2 aromatic rings. The lowest BCUT2D eigenvalue weighted by Crippen LogP contribution is -2.34. The van der Waals surface area contributed by atoms with E-state index in [1.807, 2.05) is 0 Å². The molecular weight excluding hydrogens is 343 g/mol. The van der Waals surface area contributed by atoms with E-state index in [9.17, 15) is 27.6 Å². The van der Waals surface area contributed by atoms with Crippen molar-refractivity contribution in [2.45, 2.75) is 26.6 Å². The highest BCUT2D eigenvalue weighted by Gasteiger charge is 2.40. The number of alkyl halides is 3. The molecule has 0 bridgehead atoms. The summed E-state index contributed by atoms with van der Waals surface area (Å²) in [7, 11) is 0. The van der Waals surface area contributed by atoms with Crippen LogP contribution in [0.2, 0.25) is 0 Å². The Morgan fingerprint density at radius 2 is 2.00 bits per heavy atom. The first kappa shape index (κ1) is 18.4. The number of anilines is 1. The molecule has 1 N–H and O–H groups in total. The Hall–Kier alpha value is -2.91. The van der Waals surface area contributed by atoms with Crippen molar-refractivity contribution in [3.63, 3.8) is 0 Å². The quantitative estimate of drug-likeness (QED) is 0.847. The SMILES string of the molecule is CCOC(=O)c1c(NC(=O)C(F)(F)F)c2cccnc2n(CC)c1=O. The van der Waals surface area contributed by atoms with Crippen molar-refractivity contribution in [2.75, 3.05) is 11.9 Å². The van der Waals surface area contributed by atoms with Gasteiger partial charge in [-0.15, -0.1) is 0 Å². The highest BCUT2D eigenvalue weighted by molar-refractivity contribution is 6.10. The molecule has 1 amide bonds. The Balaban J connectivity index is 2.84. The van der Waals surface area contributed by atoms with Gasteiger partial charge in [0.05, 0.1) is 12.3 Å². The lowest BCUT2D eigenvalue weighted by Gasteiger charge is -2.16. The summed E-state index contributed by atoms with van der Waals surface area (Å²) in [6.45, 7) is 3.11. The van der Waals surface area contributed by atoms with Crippen LogP contribution in [0.1, 0.15) is 24.2 Å². The Morgan fingerprint density at radius 3 is 2.56 bits per heavy atom. The lowest BCUT2D eigenvalue weighted by atomic mass is 10.1. The second kappa shape index (κ2) is 6.91. The van der Waals surface area contributed by atoms with Crippen molar-refractivity contribution in [2.24, 2.45) is 0 Å². The molecular formula is C15H14F3N3O4. The molecule has 0 aliphatic rings. The normalized spacial score (nSPS) is 11.4. The van der Waals surface area contributed by atoms with Crippen molar-refractivity contribution in [1.82, 2.24) is 9.55 Å². The molecule has 10 heteroatoms. The molecule has 0 unspecified atom stereocenters. The Morgan fingerprint density at radius 1 is 1.32 bits per heavy atom. The minimum Gasteiger partial charge on any atom is -0.462 e. The molecule has 25 heavy (non-hydrogen) atoms. The summed E-state index contributed by atoms with van der Waals surface area (Å²) in [6, 6.07) is 2.76. The molecule has 0 spiro atoms. The number of carbonyl (C=O) groups is 2. The second-order valence-corrected chi connectivity index (χ2v) is 4.85. The van der Waals surface area contributed by atoms with E-state index in [0.29, 0.717) is 0 Å². The van der Waals surface area contributed by atoms with Gasteiger partial charge in [0.2, 0.25) is 0 Å². The third-order valence-electron chi connectivity index (χ3n) is 3.31. The standard InChI is InChI=1S/C15H14F3N3O4/c1-3-21-11-8(6-5-7-19-11)10(20-14(24)15(16,17)18)9(12(21)22)13(23)25-4-2/h5-7H,3-4H2,1-2H3,(H,20,24).